The molecule has 174 valence electrons. The summed E-state index contributed by atoms with van der Waals surface area (Å²) in [7, 11) is 2.11. The van der Waals surface area contributed by atoms with Crippen LogP contribution in [-0.4, -0.2) is 84.2 Å². The second kappa shape index (κ2) is 9.43. The monoisotopic (exact) mass is 449 g/mol. The number of carboxylic acids is 1. The van der Waals surface area contributed by atoms with Crippen molar-refractivity contribution in [1.29, 1.82) is 0 Å². The lowest BCUT2D eigenvalue weighted by Gasteiger charge is -2.42. The number of hydrazone groups is 1. The summed E-state index contributed by atoms with van der Waals surface area (Å²) in [6, 6.07) is 13.0. The van der Waals surface area contributed by atoms with Gasteiger partial charge in [0.1, 0.15) is 0 Å². The molecular weight excluding hydrogens is 418 g/mol. The van der Waals surface area contributed by atoms with Crippen molar-refractivity contribution in [1.82, 2.24) is 14.8 Å². The van der Waals surface area contributed by atoms with Gasteiger partial charge in [-0.2, -0.15) is 5.10 Å². The molecule has 0 saturated carbocycles. The van der Waals surface area contributed by atoms with Gasteiger partial charge in [0.15, 0.2) is 5.78 Å². The van der Waals surface area contributed by atoms with E-state index >= 15 is 0 Å². The number of hydrogen-bond donors (Lipinski definition) is 2. The molecule has 0 radical (unpaired) electrons. The third-order valence-corrected chi connectivity index (χ3v) is 6.57. The highest BCUT2D eigenvalue weighted by molar-refractivity contribution is 6.09. The number of carboxylic acid groups (broad SMARTS) is 1. The molecule has 0 bridgehead atoms. The summed E-state index contributed by atoms with van der Waals surface area (Å²) in [5.41, 5.74) is 9.51. The Hall–Kier alpha value is -3.07. The summed E-state index contributed by atoms with van der Waals surface area (Å²) in [6.45, 7) is 6.05. The molecule has 1 unspecified atom stereocenters. The largest absolute Gasteiger partial charge is 0.480 e. The minimum absolute atomic E-state index is 0.0912. The molecule has 8 nitrogen and oxygen atoms in total. The fourth-order valence-electron chi connectivity index (χ4n) is 4.42. The van der Waals surface area contributed by atoms with E-state index in [-0.39, 0.29) is 12.3 Å². The second-order valence-corrected chi connectivity index (χ2v) is 9.04. The lowest BCUT2D eigenvalue weighted by molar-refractivity contribution is -0.140. The van der Waals surface area contributed by atoms with Crippen LogP contribution >= 0.6 is 0 Å². The van der Waals surface area contributed by atoms with Crippen molar-refractivity contribution >= 4 is 18.0 Å². The number of likely N-dealkylation sites (N-methyl/N-ethyl adjacent to an activating group) is 1. The smallest absolute Gasteiger partial charge is 0.317 e. The van der Waals surface area contributed by atoms with Crippen molar-refractivity contribution in [2.45, 2.75) is 19.0 Å². The zero-order valence-corrected chi connectivity index (χ0v) is 19.2. The maximum atomic E-state index is 13.2. The van der Waals surface area contributed by atoms with E-state index < -0.39 is 11.6 Å². The zero-order chi connectivity index (χ0) is 23.6. The van der Waals surface area contributed by atoms with Gasteiger partial charge in [0, 0.05) is 43.9 Å². The van der Waals surface area contributed by atoms with Gasteiger partial charge in [0.25, 0.3) is 0 Å². The summed E-state index contributed by atoms with van der Waals surface area (Å²) >= 11 is 0. The highest BCUT2D eigenvalue weighted by Gasteiger charge is 2.36. The molecular formula is C25H31N5O3. The molecule has 2 aromatic carbocycles. The molecule has 2 heterocycles. The Morgan fingerprint density at radius 1 is 1.06 bits per heavy atom. The van der Waals surface area contributed by atoms with E-state index in [0.29, 0.717) is 24.1 Å². The Kier molecular flexibility index (Phi) is 6.60. The van der Waals surface area contributed by atoms with Gasteiger partial charge in [-0.25, -0.2) is 0 Å². The quantitative estimate of drug-likeness (QED) is 0.510. The lowest BCUT2D eigenvalue weighted by Crippen LogP contribution is -2.56. The van der Waals surface area contributed by atoms with Crippen LogP contribution in [0, 0.1) is 0 Å². The van der Waals surface area contributed by atoms with E-state index in [1.807, 2.05) is 48.7 Å². The minimum Gasteiger partial charge on any atom is -0.480 e. The van der Waals surface area contributed by atoms with Crippen LogP contribution < -0.4 is 5.73 Å². The van der Waals surface area contributed by atoms with E-state index in [0.717, 1.165) is 42.9 Å². The summed E-state index contributed by atoms with van der Waals surface area (Å²) in [5.74, 6) is -1.01. The first kappa shape index (κ1) is 23.1. The third kappa shape index (κ3) is 5.13. The number of ketones is 1. The van der Waals surface area contributed by atoms with Crippen molar-refractivity contribution in [3.05, 3.63) is 70.3 Å². The van der Waals surface area contributed by atoms with Gasteiger partial charge in [-0.05, 0) is 43.1 Å². The van der Waals surface area contributed by atoms with Gasteiger partial charge < -0.3 is 15.7 Å². The number of piperazine rings is 1. The molecule has 2 aromatic rings. The van der Waals surface area contributed by atoms with Crippen LogP contribution in [0.2, 0.25) is 0 Å². The number of nitrogens with zero attached hydrogens (tertiary/aromatic N) is 4. The Labute approximate surface area is 194 Å². The van der Waals surface area contributed by atoms with E-state index in [4.69, 9.17) is 5.73 Å². The van der Waals surface area contributed by atoms with Crippen LogP contribution in [0.3, 0.4) is 0 Å². The van der Waals surface area contributed by atoms with Crippen LogP contribution in [0.25, 0.3) is 0 Å². The van der Waals surface area contributed by atoms with Gasteiger partial charge >= 0.3 is 5.97 Å². The lowest BCUT2D eigenvalue weighted by atomic mass is 9.86. The molecule has 0 amide bonds. The highest BCUT2D eigenvalue weighted by atomic mass is 16.4. The van der Waals surface area contributed by atoms with Crippen molar-refractivity contribution in [2.75, 3.05) is 46.3 Å². The molecule has 1 fully saturated rings. The molecule has 2 aliphatic rings. The van der Waals surface area contributed by atoms with Gasteiger partial charge in [-0.3, -0.25) is 19.5 Å². The second-order valence-electron chi connectivity index (χ2n) is 9.04. The predicted molar refractivity (Wildman–Crippen MR) is 127 cm³/mol. The first-order valence-electron chi connectivity index (χ1n) is 11.3. The Morgan fingerprint density at radius 2 is 1.73 bits per heavy atom. The summed E-state index contributed by atoms with van der Waals surface area (Å²) < 4.78 is 0. The molecule has 0 aliphatic carbocycles. The number of aliphatic carboxylic acids is 1. The van der Waals surface area contributed by atoms with Crippen molar-refractivity contribution < 1.29 is 14.7 Å². The topological polar surface area (TPSA) is 102 Å². The van der Waals surface area contributed by atoms with Crippen molar-refractivity contribution in [2.24, 2.45) is 10.8 Å². The summed E-state index contributed by atoms with van der Waals surface area (Å²) in [6.07, 6.45) is 2.53. The fraction of sp³-hybridized carbons (Fsp3) is 0.400. The molecule has 33 heavy (non-hydrogen) atoms. The first-order valence-corrected chi connectivity index (χ1v) is 11.3. The predicted octanol–water partition coefficient (Wildman–Crippen LogP) is 1.57. The zero-order valence-electron chi connectivity index (χ0n) is 19.2. The molecule has 1 atom stereocenters. The average molecular weight is 450 g/mol. The van der Waals surface area contributed by atoms with Crippen molar-refractivity contribution in [3.8, 4) is 0 Å². The SMILES string of the molecule is CN1CCN(N=Cc2ccc(C(=O)c3ccc4c(c3)C(C)(N)N(CC(=O)O)CC4)cc2)CC1. The molecule has 0 aromatic heterocycles. The highest BCUT2D eigenvalue weighted by Crippen LogP contribution is 2.32. The van der Waals surface area contributed by atoms with Gasteiger partial charge in [-0.1, -0.05) is 36.4 Å². The molecule has 2 aliphatic heterocycles. The van der Waals surface area contributed by atoms with Crippen molar-refractivity contribution in [3.63, 3.8) is 0 Å². The number of nitrogens with two attached hydrogens (primary N) is 1. The maximum Gasteiger partial charge on any atom is 0.317 e. The van der Waals surface area contributed by atoms with Crippen LogP contribution in [-0.2, 0) is 16.9 Å². The molecule has 0 spiro atoms. The van der Waals surface area contributed by atoms with Crippen LogP contribution in [0.4, 0.5) is 0 Å². The fourth-order valence-corrected chi connectivity index (χ4v) is 4.42. The normalized spacial score (nSPS) is 21.8. The van der Waals surface area contributed by atoms with Crippen LogP contribution in [0.5, 0.6) is 0 Å². The molecule has 8 heteroatoms. The minimum atomic E-state index is -0.953. The Bertz CT molecular complexity index is 1060. The van der Waals surface area contributed by atoms with Gasteiger partial charge in [0.2, 0.25) is 0 Å². The Morgan fingerprint density at radius 3 is 2.39 bits per heavy atom. The van der Waals surface area contributed by atoms with E-state index in [2.05, 4.69) is 22.1 Å². The van der Waals surface area contributed by atoms with Crippen LogP contribution in [0.15, 0.2) is 47.6 Å². The van der Waals surface area contributed by atoms with Gasteiger partial charge in [0.05, 0.1) is 18.4 Å². The Balaban J connectivity index is 1.49. The summed E-state index contributed by atoms with van der Waals surface area (Å²) in [4.78, 5) is 28.4. The van der Waals surface area contributed by atoms with E-state index in [9.17, 15) is 14.7 Å². The van der Waals surface area contributed by atoms with Crippen LogP contribution in [0.1, 0.15) is 39.5 Å². The summed E-state index contributed by atoms with van der Waals surface area (Å²) in [5, 5.41) is 15.8. The first-order chi connectivity index (χ1) is 15.7. The number of hydrogen-bond acceptors (Lipinski definition) is 7. The average Bonchev–Trinajstić information content (AvgIpc) is 2.80. The van der Waals surface area contributed by atoms with E-state index in [1.54, 1.807) is 11.8 Å². The number of benzene rings is 2. The molecule has 4 rings (SSSR count). The molecule has 1 saturated heterocycles. The van der Waals surface area contributed by atoms with Gasteiger partial charge in [-0.15, -0.1) is 0 Å². The third-order valence-electron chi connectivity index (χ3n) is 6.57. The maximum absolute atomic E-state index is 13.2. The number of carbonyl (C=O) groups is 2. The van der Waals surface area contributed by atoms with E-state index in [1.165, 1.54) is 0 Å². The molecule has 3 N–H and O–H groups in total. The number of rotatable bonds is 6. The number of carbonyl (C=O) groups excluding carboxylic acids is 1. The standard InChI is InChI=1S/C25H31N5O3/c1-25(26)22-15-21(8-7-19(22)9-10-29(25)17-23(31)32)24(33)20-5-3-18(4-6-20)16-27-30-13-11-28(2)12-14-30/h3-8,15-16H,9-14,17,26H2,1-2H3,(H,31,32). The number of fused-ring (bicyclic) bond motifs is 1.